The number of carbonyl (C=O) groups excluding carboxylic acids is 2. The van der Waals surface area contributed by atoms with Crippen LogP contribution in [0.5, 0.6) is 0 Å². The van der Waals surface area contributed by atoms with Gasteiger partial charge in [0.05, 0.1) is 25.2 Å². The molecule has 0 spiro atoms. The fraction of sp³-hybridized carbons (Fsp3) is 0.739. The number of esters is 1. The first-order valence-corrected chi connectivity index (χ1v) is 21.6. The Balaban J connectivity index is 4.71. The van der Waals surface area contributed by atoms with Crippen LogP contribution in [-0.2, 0) is 14.3 Å². The normalized spacial score (nSPS) is 14.0. The average Bonchev–Trinajstić information content (AvgIpc) is 3.13. The average molecular weight is 728 g/mol. The molecule has 0 aliphatic carbocycles. The minimum atomic E-state index is -0.798. The maximum Gasteiger partial charge on any atom is 0.306 e. The third-order valence-corrected chi connectivity index (χ3v) is 9.41. The van der Waals surface area contributed by atoms with Crippen molar-refractivity contribution < 1.29 is 24.5 Å². The van der Waals surface area contributed by atoms with Gasteiger partial charge in [0.25, 0.3) is 0 Å². The van der Waals surface area contributed by atoms with Gasteiger partial charge in [0.2, 0.25) is 5.91 Å². The lowest BCUT2D eigenvalue weighted by atomic mass is 10.0. The summed E-state index contributed by atoms with van der Waals surface area (Å²) < 4.78 is 5.86. The van der Waals surface area contributed by atoms with Crippen molar-refractivity contribution in [1.82, 2.24) is 5.32 Å². The molecule has 0 saturated carbocycles. The number of rotatable bonds is 37. The van der Waals surface area contributed by atoms with Gasteiger partial charge in [0.15, 0.2) is 0 Å². The summed E-state index contributed by atoms with van der Waals surface area (Å²) in [7, 11) is 0. The number of aliphatic hydroxyl groups is 2. The van der Waals surface area contributed by atoms with Crippen molar-refractivity contribution >= 4 is 11.9 Å². The van der Waals surface area contributed by atoms with Crippen LogP contribution in [0.3, 0.4) is 0 Å². The first-order chi connectivity index (χ1) is 25.5. The van der Waals surface area contributed by atoms with Gasteiger partial charge in [-0.25, -0.2) is 0 Å². The first kappa shape index (κ1) is 49.6. The molecule has 0 aromatic heterocycles. The van der Waals surface area contributed by atoms with Crippen LogP contribution in [0, 0.1) is 0 Å². The van der Waals surface area contributed by atoms with Gasteiger partial charge in [0.1, 0.15) is 6.10 Å². The van der Waals surface area contributed by atoms with Crippen LogP contribution >= 0.6 is 0 Å². The number of carbonyl (C=O) groups is 2. The predicted molar refractivity (Wildman–Crippen MR) is 222 cm³/mol. The van der Waals surface area contributed by atoms with Crippen LogP contribution in [0.1, 0.15) is 194 Å². The van der Waals surface area contributed by atoms with E-state index in [0.29, 0.717) is 19.3 Å². The molecule has 3 atom stereocenters. The summed E-state index contributed by atoms with van der Waals surface area (Å²) >= 11 is 0. The highest BCUT2D eigenvalue weighted by molar-refractivity contribution is 5.77. The van der Waals surface area contributed by atoms with E-state index in [9.17, 15) is 19.8 Å². The molecule has 0 saturated heterocycles. The number of nitrogens with one attached hydrogen (secondary N) is 1. The van der Waals surface area contributed by atoms with Crippen LogP contribution in [-0.4, -0.2) is 46.9 Å². The quantitative estimate of drug-likeness (QED) is 0.0256. The molecule has 52 heavy (non-hydrogen) atoms. The highest BCUT2D eigenvalue weighted by Gasteiger charge is 2.24. The van der Waals surface area contributed by atoms with E-state index in [0.717, 1.165) is 83.5 Å². The third kappa shape index (κ3) is 34.6. The Bertz CT molecular complexity index is 952. The Hall–Kier alpha value is -2.44. The zero-order chi connectivity index (χ0) is 38.2. The van der Waals surface area contributed by atoms with Crippen molar-refractivity contribution in [2.24, 2.45) is 0 Å². The highest BCUT2D eigenvalue weighted by atomic mass is 16.5. The summed E-state index contributed by atoms with van der Waals surface area (Å²) in [5, 5.41) is 23.5. The van der Waals surface area contributed by atoms with Gasteiger partial charge >= 0.3 is 5.97 Å². The van der Waals surface area contributed by atoms with Gasteiger partial charge in [-0.15, -0.1) is 0 Å². The molecule has 0 rings (SSSR count). The van der Waals surface area contributed by atoms with E-state index in [1.165, 1.54) is 64.2 Å². The first-order valence-electron chi connectivity index (χ1n) is 21.6. The molecule has 0 aliphatic heterocycles. The lowest BCUT2D eigenvalue weighted by molar-refractivity contribution is -0.151. The van der Waals surface area contributed by atoms with E-state index >= 15 is 0 Å². The minimum Gasteiger partial charge on any atom is -0.462 e. The second-order valence-corrected chi connectivity index (χ2v) is 14.4. The van der Waals surface area contributed by atoms with Crippen LogP contribution in [0.25, 0.3) is 0 Å². The molecule has 0 aromatic rings. The second kappa shape index (κ2) is 39.8. The van der Waals surface area contributed by atoms with Gasteiger partial charge < -0.3 is 20.3 Å². The van der Waals surface area contributed by atoms with E-state index < -0.39 is 18.2 Å². The van der Waals surface area contributed by atoms with E-state index in [2.05, 4.69) is 56.5 Å². The van der Waals surface area contributed by atoms with Gasteiger partial charge in [-0.3, -0.25) is 9.59 Å². The fourth-order valence-electron chi connectivity index (χ4n) is 6.15. The molecular weight excluding hydrogens is 647 g/mol. The summed E-state index contributed by atoms with van der Waals surface area (Å²) in [6.07, 6.45) is 47.1. The Labute approximate surface area is 320 Å². The molecule has 0 heterocycles. The number of hydrogen-bond donors (Lipinski definition) is 3. The number of allylic oxidation sites excluding steroid dienone is 10. The summed E-state index contributed by atoms with van der Waals surface area (Å²) in [5.41, 5.74) is 0. The maximum absolute atomic E-state index is 13.1. The molecule has 6 heteroatoms. The van der Waals surface area contributed by atoms with Gasteiger partial charge in [-0.05, 0) is 64.2 Å². The second-order valence-electron chi connectivity index (χ2n) is 14.4. The Morgan fingerprint density at radius 2 is 1.10 bits per heavy atom. The zero-order valence-corrected chi connectivity index (χ0v) is 33.9. The monoisotopic (exact) mass is 728 g/mol. The van der Waals surface area contributed by atoms with Crippen molar-refractivity contribution in [1.29, 1.82) is 0 Å². The van der Waals surface area contributed by atoms with Gasteiger partial charge in [-0.1, -0.05) is 178 Å². The number of ether oxygens (including phenoxy) is 1. The van der Waals surface area contributed by atoms with E-state index in [1.807, 2.05) is 30.4 Å². The van der Waals surface area contributed by atoms with E-state index in [1.54, 1.807) is 0 Å². The maximum atomic E-state index is 13.1. The molecular formula is C46H81NO5. The molecule has 6 nitrogen and oxygen atoms in total. The number of unbranched alkanes of at least 4 members (excludes halogenated alkanes) is 18. The third-order valence-electron chi connectivity index (χ3n) is 9.41. The summed E-state index contributed by atoms with van der Waals surface area (Å²) in [6.45, 7) is 6.23. The van der Waals surface area contributed by atoms with Crippen molar-refractivity contribution in [3.63, 3.8) is 0 Å². The predicted octanol–water partition coefficient (Wildman–Crippen LogP) is 12.1. The SMILES string of the molecule is CC/C=C/C=C/C=C/C=C\CCCCCC(CC(=O)NC(CO)C(O)CCCCCCCCCCCC)OC(=O)CCCCCCC/C=C\CCC. The molecule has 3 unspecified atom stereocenters. The molecule has 0 radical (unpaired) electrons. The van der Waals surface area contributed by atoms with Crippen molar-refractivity contribution in [2.45, 2.75) is 212 Å². The number of aliphatic hydroxyl groups excluding tert-OH is 2. The smallest absolute Gasteiger partial charge is 0.306 e. The minimum absolute atomic E-state index is 0.0461. The summed E-state index contributed by atoms with van der Waals surface area (Å²) in [6, 6.07) is -0.714. The van der Waals surface area contributed by atoms with Crippen LogP contribution in [0.15, 0.2) is 60.8 Å². The molecule has 1 amide bonds. The van der Waals surface area contributed by atoms with E-state index in [4.69, 9.17) is 4.74 Å². The van der Waals surface area contributed by atoms with Crippen LogP contribution in [0.4, 0.5) is 0 Å². The molecule has 0 aliphatic rings. The van der Waals surface area contributed by atoms with E-state index in [-0.39, 0.29) is 24.9 Å². The Morgan fingerprint density at radius 1 is 0.577 bits per heavy atom. The van der Waals surface area contributed by atoms with Crippen molar-refractivity contribution in [3.05, 3.63) is 60.8 Å². The van der Waals surface area contributed by atoms with Crippen molar-refractivity contribution in [2.75, 3.05) is 6.61 Å². The molecule has 300 valence electrons. The summed E-state index contributed by atoms with van der Waals surface area (Å²) in [5.74, 6) is -0.533. The van der Waals surface area contributed by atoms with Crippen LogP contribution in [0.2, 0.25) is 0 Å². The number of hydrogen-bond acceptors (Lipinski definition) is 5. The highest BCUT2D eigenvalue weighted by Crippen LogP contribution is 2.17. The standard InChI is InChI=1S/C46H81NO5/c1-4-7-10-13-16-19-22-23-24-25-28-31-34-37-42(52-46(51)39-36-33-30-27-21-18-15-12-9-6-3)40-45(50)47-43(41-48)44(49)38-35-32-29-26-20-17-14-11-8-5-2/h7,10,12-13,15-16,19,22-24,42-44,48-49H,4-6,8-9,11,14,17-18,20-21,25-41H2,1-3H3,(H,47,50)/b10-7+,15-12-,16-13+,22-19+,24-23-. The Morgan fingerprint density at radius 3 is 1.73 bits per heavy atom. The van der Waals surface area contributed by atoms with Gasteiger partial charge in [-0.2, -0.15) is 0 Å². The molecule has 0 aromatic carbocycles. The summed E-state index contributed by atoms with van der Waals surface area (Å²) in [4.78, 5) is 25.9. The van der Waals surface area contributed by atoms with Crippen molar-refractivity contribution in [3.8, 4) is 0 Å². The molecule has 3 N–H and O–H groups in total. The largest absolute Gasteiger partial charge is 0.462 e. The van der Waals surface area contributed by atoms with Gasteiger partial charge in [0, 0.05) is 6.42 Å². The molecule has 0 bridgehead atoms. The fourth-order valence-corrected chi connectivity index (χ4v) is 6.15. The number of amides is 1. The topological polar surface area (TPSA) is 95.9 Å². The molecule has 0 fully saturated rings. The zero-order valence-electron chi connectivity index (χ0n) is 33.9. The lowest BCUT2D eigenvalue weighted by Gasteiger charge is -2.24. The van der Waals surface area contributed by atoms with Crippen LogP contribution < -0.4 is 5.32 Å². The lowest BCUT2D eigenvalue weighted by Crippen LogP contribution is -2.46. The Kier molecular flexibility index (Phi) is 37.9.